The lowest BCUT2D eigenvalue weighted by molar-refractivity contribution is -0.137. The highest BCUT2D eigenvalue weighted by atomic mass is 32.2. The van der Waals surface area contributed by atoms with Crippen molar-refractivity contribution in [2.24, 2.45) is 5.92 Å². The zero-order chi connectivity index (χ0) is 35.8. The van der Waals surface area contributed by atoms with Gasteiger partial charge in [0.25, 0.3) is 15.9 Å². The molecule has 1 amide bonds. The Bertz CT molecular complexity index is 1620. The van der Waals surface area contributed by atoms with Crippen LogP contribution in [-0.4, -0.2) is 80.8 Å². The Hall–Kier alpha value is -3.65. The van der Waals surface area contributed by atoms with Crippen LogP contribution >= 0.6 is 0 Å². The molecule has 0 saturated carbocycles. The molecule has 9 nitrogen and oxygen atoms in total. The molecule has 0 unspecified atom stereocenters. The third kappa shape index (κ3) is 10.7. The maximum atomic E-state index is 14.3. The molecule has 268 valence electrons. The fourth-order valence-electron chi connectivity index (χ4n) is 5.74. The van der Waals surface area contributed by atoms with Crippen LogP contribution in [0.4, 0.5) is 18.9 Å². The molecule has 13 heteroatoms. The number of aliphatic hydroxyl groups excluding tert-OH is 1. The third-order valence-electron chi connectivity index (χ3n) is 8.58. The van der Waals surface area contributed by atoms with E-state index in [1.54, 1.807) is 42.2 Å². The van der Waals surface area contributed by atoms with Gasteiger partial charge in [0.15, 0.2) is 0 Å². The molecule has 1 aliphatic rings. The number of ether oxygens (including phenoxy) is 2. The van der Waals surface area contributed by atoms with Crippen molar-refractivity contribution >= 4 is 21.6 Å². The average molecular weight is 706 g/mol. The van der Waals surface area contributed by atoms with Gasteiger partial charge in [-0.25, -0.2) is 8.42 Å². The first-order valence-electron chi connectivity index (χ1n) is 16.4. The number of hydrogen-bond acceptors (Lipinski definition) is 7. The number of nitrogens with one attached hydrogen (secondary N) is 1. The van der Waals surface area contributed by atoms with Crippen molar-refractivity contribution in [3.63, 3.8) is 0 Å². The lowest BCUT2D eigenvalue weighted by Gasteiger charge is -2.36. The summed E-state index contributed by atoms with van der Waals surface area (Å²) in [6.45, 7) is 6.79. The van der Waals surface area contributed by atoms with Gasteiger partial charge in [0, 0.05) is 37.8 Å². The normalized spacial score (nSPS) is 20.6. The van der Waals surface area contributed by atoms with Crippen LogP contribution in [0.15, 0.2) is 77.7 Å². The van der Waals surface area contributed by atoms with Crippen LogP contribution in [-0.2, 0) is 27.5 Å². The largest absolute Gasteiger partial charge is 0.490 e. The van der Waals surface area contributed by atoms with Gasteiger partial charge in [-0.3, -0.25) is 14.4 Å². The lowest BCUT2D eigenvalue weighted by Crippen LogP contribution is -2.47. The van der Waals surface area contributed by atoms with Gasteiger partial charge in [-0.15, -0.1) is 0 Å². The number of halogens is 3. The molecule has 4 rings (SSSR count). The van der Waals surface area contributed by atoms with Crippen LogP contribution in [0.25, 0.3) is 0 Å². The lowest BCUT2D eigenvalue weighted by atomic mass is 10.0. The second-order valence-corrected chi connectivity index (χ2v) is 14.5. The molecule has 1 heterocycles. The molecule has 0 fully saturated rings. The standard InChI is InChI=1S/C36H46F3N3O6S/c1-25-21-42(26(2)24-43)35(44)32-20-30(40-49(45,46)31-11-6-5-7-12-31)17-18-33(32)48-27(3)10-8-9-19-47-34(25)23-41(4)22-28-13-15-29(16-14-28)36(37,38)39/h5-7,11-18,20,25-27,34,40,43H,8-10,19,21-24H2,1-4H3/t25-,26+,27+,34+/m1/s1. The monoisotopic (exact) mass is 705 g/mol. The Morgan fingerprint density at radius 3 is 2.39 bits per heavy atom. The van der Waals surface area contributed by atoms with Gasteiger partial charge in [-0.1, -0.05) is 37.3 Å². The number of carbonyl (C=O) groups excluding carboxylic acids is 1. The minimum absolute atomic E-state index is 0.0740. The second kappa shape index (κ2) is 16.8. The molecule has 0 bridgehead atoms. The topological polar surface area (TPSA) is 108 Å². The summed E-state index contributed by atoms with van der Waals surface area (Å²) in [5.74, 6) is -0.353. The quantitative estimate of drug-likeness (QED) is 0.264. The summed E-state index contributed by atoms with van der Waals surface area (Å²) < 4.78 is 80.6. The van der Waals surface area contributed by atoms with Crippen molar-refractivity contribution < 1.29 is 41.0 Å². The highest BCUT2D eigenvalue weighted by Crippen LogP contribution is 2.31. The van der Waals surface area contributed by atoms with Crippen LogP contribution in [0.2, 0.25) is 0 Å². The van der Waals surface area contributed by atoms with E-state index in [0.717, 1.165) is 30.5 Å². The molecule has 0 radical (unpaired) electrons. The van der Waals surface area contributed by atoms with Gasteiger partial charge in [0.05, 0.1) is 40.9 Å². The summed E-state index contributed by atoms with van der Waals surface area (Å²) in [7, 11) is -2.07. The van der Waals surface area contributed by atoms with E-state index in [9.17, 15) is 31.5 Å². The molecule has 49 heavy (non-hydrogen) atoms. The first-order valence-corrected chi connectivity index (χ1v) is 17.9. The van der Waals surface area contributed by atoms with Crippen LogP contribution in [0.5, 0.6) is 5.75 Å². The Morgan fingerprint density at radius 1 is 1.04 bits per heavy atom. The molecule has 0 aromatic heterocycles. The number of hydrogen-bond donors (Lipinski definition) is 2. The predicted octanol–water partition coefficient (Wildman–Crippen LogP) is 6.43. The van der Waals surface area contributed by atoms with Crippen LogP contribution in [0.3, 0.4) is 0 Å². The number of sulfonamides is 1. The minimum atomic E-state index is -4.41. The number of anilines is 1. The van der Waals surface area contributed by atoms with Crippen molar-refractivity contribution in [3.05, 3.63) is 89.5 Å². The summed E-state index contributed by atoms with van der Waals surface area (Å²) in [5.41, 5.74) is 0.358. The summed E-state index contributed by atoms with van der Waals surface area (Å²) >= 11 is 0. The fourth-order valence-corrected chi connectivity index (χ4v) is 6.82. The number of benzene rings is 3. The summed E-state index contributed by atoms with van der Waals surface area (Å²) in [5, 5.41) is 10.2. The molecule has 3 aromatic carbocycles. The highest BCUT2D eigenvalue weighted by Gasteiger charge is 2.32. The number of fused-ring (bicyclic) bond motifs is 1. The number of rotatable bonds is 9. The number of amides is 1. The number of carbonyl (C=O) groups is 1. The smallest absolute Gasteiger partial charge is 0.416 e. The number of nitrogens with zero attached hydrogens (tertiary/aromatic N) is 2. The van der Waals surface area contributed by atoms with E-state index in [1.807, 2.05) is 25.8 Å². The van der Waals surface area contributed by atoms with E-state index in [-0.39, 0.29) is 47.4 Å². The molecular weight excluding hydrogens is 659 g/mol. The summed E-state index contributed by atoms with van der Waals surface area (Å²) in [6, 6.07) is 17.0. The van der Waals surface area contributed by atoms with E-state index < -0.39 is 33.7 Å². The Morgan fingerprint density at radius 2 is 1.73 bits per heavy atom. The zero-order valence-electron chi connectivity index (χ0n) is 28.3. The van der Waals surface area contributed by atoms with Gasteiger partial charge in [-0.05, 0) is 88.2 Å². The van der Waals surface area contributed by atoms with Crippen molar-refractivity contribution in [1.82, 2.24) is 9.80 Å². The average Bonchev–Trinajstić information content (AvgIpc) is 3.06. The van der Waals surface area contributed by atoms with E-state index in [0.29, 0.717) is 31.9 Å². The van der Waals surface area contributed by atoms with Crippen molar-refractivity contribution in [2.45, 2.75) is 75.9 Å². The summed E-state index contributed by atoms with van der Waals surface area (Å²) in [6.07, 6.45) is -2.76. The van der Waals surface area contributed by atoms with E-state index >= 15 is 0 Å². The SMILES string of the molecule is C[C@@H]1CN([C@@H](C)CO)C(=O)c2cc(NS(=O)(=O)c3ccccc3)ccc2O[C@@H](C)CCCCO[C@H]1CN(C)Cc1ccc(C(F)(F)F)cc1. The minimum Gasteiger partial charge on any atom is -0.490 e. The molecule has 2 N–H and O–H groups in total. The van der Waals surface area contributed by atoms with Crippen LogP contribution in [0, 0.1) is 5.92 Å². The molecule has 1 aliphatic heterocycles. The maximum Gasteiger partial charge on any atom is 0.416 e. The van der Waals surface area contributed by atoms with Crippen molar-refractivity contribution in [2.75, 3.05) is 38.1 Å². The number of aliphatic hydroxyl groups is 1. The van der Waals surface area contributed by atoms with Gasteiger partial charge in [-0.2, -0.15) is 13.2 Å². The second-order valence-electron chi connectivity index (χ2n) is 12.8. The Kier molecular flexibility index (Phi) is 13.1. The van der Waals surface area contributed by atoms with Crippen LogP contribution in [0.1, 0.15) is 61.5 Å². The van der Waals surface area contributed by atoms with Gasteiger partial charge in [0.1, 0.15) is 5.75 Å². The molecule has 0 aliphatic carbocycles. The molecule has 3 aromatic rings. The highest BCUT2D eigenvalue weighted by molar-refractivity contribution is 7.92. The van der Waals surface area contributed by atoms with Crippen molar-refractivity contribution in [1.29, 1.82) is 0 Å². The zero-order valence-corrected chi connectivity index (χ0v) is 29.1. The number of likely N-dealkylation sites (N-methyl/N-ethyl adjacent to an activating group) is 1. The molecule has 4 atom stereocenters. The molecule has 0 saturated heterocycles. The van der Waals surface area contributed by atoms with Gasteiger partial charge < -0.3 is 19.5 Å². The van der Waals surface area contributed by atoms with Gasteiger partial charge >= 0.3 is 6.18 Å². The number of alkyl halides is 3. The maximum absolute atomic E-state index is 14.3. The van der Waals surface area contributed by atoms with E-state index in [4.69, 9.17) is 9.47 Å². The summed E-state index contributed by atoms with van der Waals surface area (Å²) in [4.78, 5) is 17.9. The van der Waals surface area contributed by atoms with E-state index in [1.165, 1.54) is 30.3 Å². The third-order valence-corrected chi connectivity index (χ3v) is 9.98. The molecule has 0 spiro atoms. The van der Waals surface area contributed by atoms with Gasteiger partial charge in [0.2, 0.25) is 0 Å². The predicted molar refractivity (Wildman–Crippen MR) is 182 cm³/mol. The Balaban J connectivity index is 1.60. The fraction of sp³-hybridized carbons (Fsp3) is 0.472. The Labute approximate surface area is 287 Å². The van der Waals surface area contributed by atoms with Crippen LogP contribution < -0.4 is 9.46 Å². The van der Waals surface area contributed by atoms with Crippen molar-refractivity contribution in [3.8, 4) is 5.75 Å². The first kappa shape index (κ1) is 38.2. The first-order chi connectivity index (χ1) is 23.2. The van der Waals surface area contributed by atoms with E-state index in [2.05, 4.69) is 4.72 Å². The molecular formula is C36H46F3N3O6S.